The van der Waals surface area contributed by atoms with Crippen molar-refractivity contribution in [3.8, 4) is 5.75 Å². The Hall–Kier alpha value is -0.780. The minimum atomic E-state index is 0. The lowest BCUT2D eigenvalue weighted by Gasteiger charge is -2.35. The van der Waals surface area contributed by atoms with Gasteiger partial charge in [-0.3, -0.25) is 4.90 Å². The Morgan fingerprint density at radius 1 is 1.36 bits per heavy atom. The van der Waals surface area contributed by atoms with Crippen LogP contribution in [0.2, 0.25) is 0 Å². The topological polar surface area (TPSA) is 44.7 Å². The van der Waals surface area contributed by atoms with Gasteiger partial charge in [0.15, 0.2) is 0 Å². The number of hydrogen-bond acceptors (Lipinski definition) is 4. The van der Waals surface area contributed by atoms with Crippen LogP contribution in [0, 0.1) is 0 Å². The highest BCUT2D eigenvalue weighted by Crippen LogP contribution is 2.18. The lowest BCUT2D eigenvalue weighted by atomic mass is 10.1. The monoisotopic (exact) mass is 348 g/mol. The normalized spacial score (nSPS) is 18.5. The first-order valence-corrected chi connectivity index (χ1v) is 7.20. The van der Waals surface area contributed by atoms with Crippen LogP contribution in [-0.2, 0) is 0 Å². The molecule has 1 unspecified atom stereocenters. The molecule has 6 heteroatoms. The van der Waals surface area contributed by atoms with E-state index in [1.807, 2.05) is 18.2 Å². The number of aliphatic hydroxyl groups excluding tert-OH is 1. The first-order chi connectivity index (χ1) is 9.85. The molecule has 1 aliphatic heterocycles. The van der Waals surface area contributed by atoms with Gasteiger partial charge in [-0.15, -0.1) is 24.8 Å². The van der Waals surface area contributed by atoms with Gasteiger partial charge in [0.25, 0.3) is 0 Å². The summed E-state index contributed by atoms with van der Waals surface area (Å²) in [6.07, 6.45) is 5.11. The highest BCUT2D eigenvalue weighted by molar-refractivity contribution is 5.85. The molecular weight excluding hydrogens is 323 g/mol. The number of halogens is 2. The molecule has 1 fully saturated rings. The van der Waals surface area contributed by atoms with Crippen LogP contribution >= 0.6 is 24.8 Å². The fraction of sp³-hybridized carbons (Fsp3) is 0.500. The van der Waals surface area contributed by atoms with Crippen LogP contribution in [0.15, 0.2) is 30.3 Å². The summed E-state index contributed by atoms with van der Waals surface area (Å²) in [6, 6.07) is 8.44. The number of piperazine rings is 1. The van der Waals surface area contributed by atoms with Crippen molar-refractivity contribution in [3.63, 3.8) is 0 Å². The maximum absolute atomic E-state index is 9.12. The molecule has 22 heavy (non-hydrogen) atoms. The van der Waals surface area contributed by atoms with E-state index in [1.165, 1.54) is 0 Å². The van der Waals surface area contributed by atoms with Crippen molar-refractivity contribution in [2.75, 3.05) is 39.9 Å². The molecule has 0 aromatic heterocycles. The summed E-state index contributed by atoms with van der Waals surface area (Å²) in [7, 11) is 1.69. The average Bonchev–Trinajstić information content (AvgIpc) is 2.50. The molecule has 2 N–H and O–H groups in total. The number of methoxy groups -OCH3 is 1. The van der Waals surface area contributed by atoms with Crippen molar-refractivity contribution in [2.24, 2.45) is 0 Å². The van der Waals surface area contributed by atoms with Gasteiger partial charge in [-0.05, 0) is 12.5 Å². The molecule has 2 rings (SSSR count). The van der Waals surface area contributed by atoms with Crippen molar-refractivity contribution in [3.05, 3.63) is 35.9 Å². The Morgan fingerprint density at radius 2 is 2.14 bits per heavy atom. The minimum Gasteiger partial charge on any atom is -0.496 e. The molecular formula is C16H26Cl2N2O2. The average molecular weight is 349 g/mol. The highest BCUT2D eigenvalue weighted by atomic mass is 35.5. The molecule has 1 saturated heterocycles. The van der Waals surface area contributed by atoms with Gasteiger partial charge < -0.3 is 15.2 Å². The molecule has 1 aliphatic rings. The molecule has 1 atom stereocenters. The second-order valence-corrected chi connectivity index (χ2v) is 5.01. The number of ether oxygens (including phenoxy) is 1. The molecule has 0 saturated carbocycles. The maximum atomic E-state index is 9.12. The van der Waals surface area contributed by atoms with Crippen LogP contribution in [0.5, 0.6) is 5.75 Å². The number of rotatable bonds is 6. The number of nitrogens with zero attached hydrogens (tertiary/aromatic N) is 1. The molecule has 4 nitrogen and oxygen atoms in total. The summed E-state index contributed by atoms with van der Waals surface area (Å²) < 4.78 is 5.34. The van der Waals surface area contributed by atoms with Gasteiger partial charge in [-0.1, -0.05) is 30.4 Å². The Balaban J connectivity index is 0.00000220. The van der Waals surface area contributed by atoms with Gasteiger partial charge in [0.05, 0.1) is 7.11 Å². The van der Waals surface area contributed by atoms with E-state index in [0.717, 1.165) is 43.9 Å². The minimum absolute atomic E-state index is 0. The zero-order chi connectivity index (χ0) is 14.2. The van der Waals surface area contributed by atoms with Crippen LogP contribution < -0.4 is 10.1 Å². The molecule has 126 valence electrons. The van der Waals surface area contributed by atoms with E-state index >= 15 is 0 Å². The summed E-state index contributed by atoms with van der Waals surface area (Å²) in [4.78, 5) is 2.42. The fourth-order valence-corrected chi connectivity index (χ4v) is 2.60. The fourth-order valence-electron chi connectivity index (χ4n) is 2.60. The van der Waals surface area contributed by atoms with Crippen molar-refractivity contribution in [1.82, 2.24) is 10.2 Å². The van der Waals surface area contributed by atoms with Gasteiger partial charge in [0, 0.05) is 44.4 Å². The maximum Gasteiger partial charge on any atom is 0.126 e. The molecule has 0 radical (unpaired) electrons. The van der Waals surface area contributed by atoms with Gasteiger partial charge >= 0.3 is 0 Å². The predicted octanol–water partition coefficient (Wildman–Crippen LogP) is 2.21. The zero-order valence-corrected chi connectivity index (χ0v) is 14.5. The van der Waals surface area contributed by atoms with E-state index in [9.17, 15) is 0 Å². The predicted molar refractivity (Wildman–Crippen MR) is 96.5 cm³/mol. The molecule has 0 amide bonds. The highest BCUT2D eigenvalue weighted by Gasteiger charge is 2.20. The van der Waals surface area contributed by atoms with Crippen LogP contribution in [0.1, 0.15) is 12.0 Å². The summed E-state index contributed by atoms with van der Waals surface area (Å²) in [6.45, 7) is 4.16. The lowest BCUT2D eigenvalue weighted by Crippen LogP contribution is -2.51. The van der Waals surface area contributed by atoms with Crippen molar-refractivity contribution >= 4 is 30.9 Å². The second-order valence-electron chi connectivity index (χ2n) is 5.01. The Kier molecular flexibility index (Phi) is 11.3. The van der Waals surface area contributed by atoms with Crippen LogP contribution in [-0.4, -0.2) is 55.9 Å². The zero-order valence-electron chi connectivity index (χ0n) is 12.9. The quantitative estimate of drug-likeness (QED) is 0.827. The number of hydrogen-bond donors (Lipinski definition) is 2. The molecule has 1 aromatic carbocycles. The van der Waals surface area contributed by atoms with Gasteiger partial charge in [0.2, 0.25) is 0 Å². The third-order valence-electron chi connectivity index (χ3n) is 3.71. The van der Waals surface area contributed by atoms with Gasteiger partial charge in [0.1, 0.15) is 5.75 Å². The first kappa shape index (κ1) is 21.2. The van der Waals surface area contributed by atoms with Crippen molar-refractivity contribution in [2.45, 2.75) is 12.5 Å². The van der Waals surface area contributed by atoms with E-state index in [0.29, 0.717) is 6.04 Å². The Bertz CT molecular complexity index is 442. The lowest BCUT2D eigenvalue weighted by molar-refractivity contribution is 0.143. The Morgan fingerprint density at radius 3 is 2.86 bits per heavy atom. The van der Waals surface area contributed by atoms with Crippen LogP contribution in [0.3, 0.4) is 0 Å². The van der Waals surface area contributed by atoms with E-state index in [1.54, 1.807) is 7.11 Å². The number of para-hydroxylation sites is 1. The third kappa shape index (κ3) is 6.15. The molecule has 0 aliphatic carbocycles. The smallest absolute Gasteiger partial charge is 0.126 e. The standard InChI is InChI=1S/C16H24N2O2.2ClH/c1-20-16-7-3-2-5-14(16)6-4-10-18-11-9-17-13-15(18)8-12-19;;/h2-7,15,17,19H,8-13H2,1H3;2*1H. The van der Waals surface area contributed by atoms with Gasteiger partial charge in [-0.25, -0.2) is 0 Å². The first-order valence-electron chi connectivity index (χ1n) is 7.20. The summed E-state index contributed by atoms with van der Waals surface area (Å²) in [5, 5.41) is 12.5. The number of aliphatic hydroxyl groups is 1. The van der Waals surface area contributed by atoms with Crippen molar-refractivity contribution < 1.29 is 9.84 Å². The summed E-state index contributed by atoms with van der Waals surface area (Å²) in [5.74, 6) is 0.899. The molecule has 0 bridgehead atoms. The van der Waals surface area contributed by atoms with Crippen LogP contribution in [0.25, 0.3) is 6.08 Å². The summed E-state index contributed by atoms with van der Waals surface area (Å²) >= 11 is 0. The summed E-state index contributed by atoms with van der Waals surface area (Å²) in [5.41, 5.74) is 1.10. The van der Waals surface area contributed by atoms with E-state index in [2.05, 4.69) is 28.4 Å². The van der Waals surface area contributed by atoms with Gasteiger partial charge in [-0.2, -0.15) is 0 Å². The second kappa shape index (κ2) is 11.7. The Labute approximate surface area is 145 Å². The molecule has 1 aromatic rings. The van der Waals surface area contributed by atoms with Crippen LogP contribution in [0.4, 0.5) is 0 Å². The number of benzene rings is 1. The SMILES string of the molecule is COc1ccccc1C=CCN1CCNCC1CCO.Cl.Cl. The van der Waals surface area contributed by atoms with Crippen molar-refractivity contribution in [1.29, 1.82) is 0 Å². The molecule has 1 heterocycles. The van der Waals surface area contributed by atoms with E-state index in [4.69, 9.17) is 9.84 Å². The van der Waals surface area contributed by atoms with E-state index < -0.39 is 0 Å². The number of nitrogens with one attached hydrogen (secondary N) is 1. The largest absolute Gasteiger partial charge is 0.496 e. The third-order valence-corrected chi connectivity index (χ3v) is 3.71. The van der Waals surface area contributed by atoms with E-state index in [-0.39, 0.29) is 31.4 Å². The molecule has 0 spiro atoms.